The van der Waals surface area contributed by atoms with Gasteiger partial charge in [-0.3, -0.25) is 29.0 Å². The largest absolute Gasteiger partial charge is 0.507 e. The number of methoxy groups -OCH3 is 1. The highest BCUT2D eigenvalue weighted by Gasteiger charge is 2.65. The van der Waals surface area contributed by atoms with Crippen molar-refractivity contribution in [3.8, 4) is 5.75 Å². The third-order valence-electron chi connectivity index (χ3n) is 10.2. The Morgan fingerprint density at radius 1 is 1.29 bits per heavy atom. The predicted octanol–water partition coefficient (Wildman–Crippen LogP) is 3.03. The smallest absolute Gasteiger partial charge is 0.228 e. The number of hydrogen-bond acceptors (Lipinski definition) is 8. The fraction of sp³-hybridized carbons (Fsp3) is 0.677. The maximum absolute atomic E-state index is 14.3. The number of hydrogen-bond donors (Lipinski definition) is 2. The van der Waals surface area contributed by atoms with Crippen LogP contribution in [-0.2, 0) is 25.5 Å². The molecule has 41 heavy (non-hydrogen) atoms. The maximum atomic E-state index is 14.3. The Labute approximate surface area is 246 Å². The summed E-state index contributed by atoms with van der Waals surface area (Å²) in [6.45, 7) is 8.36. The molecule has 5 rings (SSSR count). The first-order valence-corrected chi connectivity index (χ1v) is 15.0. The molecule has 0 radical (unpaired) electrons. The van der Waals surface area contributed by atoms with Crippen LogP contribution in [0.5, 0.6) is 5.75 Å². The molecule has 3 N–H and O–H groups in total. The Hall–Kier alpha value is -2.33. The van der Waals surface area contributed by atoms with Gasteiger partial charge in [0.25, 0.3) is 0 Å². The van der Waals surface area contributed by atoms with E-state index in [0.29, 0.717) is 35.3 Å². The molecule has 0 bridgehead atoms. The lowest BCUT2D eigenvalue weighted by molar-refractivity contribution is -0.182. The van der Waals surface area contributed by atoms with Crippen LogP contribution in [0, 0.1) is 35.5 Å². The Balaban J connectivity index is 1.59. The standard InChI is InChI=1S/C31H42ClN3O6/c1-14(2)13-35-8-7-15(3)25(35)18-11-21(36)23-17(24(18)32)9-16-10-20-26(34(4)5)27(37)19(30(33)40)12-31(20,41-6)29(39)22(16)28(23)38/h11,14-16,19-20,22,25-26,36H,7-10,12-13H2,1-6H3,(H2,33,40). The van der Waals surface area contributed by atoms with Gasteiger partial charge in [-0.25, -0.2) is 0 Å². The number of rotatable bonds is 6. The molecule has 1 amide bonds. The molecule has 8 unspecified atom stereocenters. The topological polar surface area (TPSA) is 130 Å². The molecule has 9 nitrogen and oxygen atoms in total. The normalized spacial score (nSPS) is 35.5. The van der Waals surface area contributed by atoms with Crippen LogP contribution in [0.3, 0.4) is 0 Å². The lowest BCUT2D eigenvalue weighted by Crippen LogP contribution is -2.70. The molecule has 0 aromatic heterocycles. The number of amides is 1. The highest BCUT2D eigenvalue weighted by atomic mass is 35.5. The van der Waals surface area contributed by atoms with E-state index >= 15 is 0 Å². The van der Waals surface area contributed by atoms with E-state index in [9.17, 15) is 24.3 Å². The van der Waals surface area contributed by atoms with Crippen molar-refractivity contribution in [3.63, 3.8) is 0 Å². The maximum Gasteiger partial charge on any atom is 0.228 e. The van der Waals surface area contributed by atoms with Gasteiger partial charge >= 0.3 is 0 Å². The van der Waals surface area contributed by atoms with Gasteiger partial charge in [-0.1, -0.05) is 32.4 Å². The fourth-order valence-corrected chi connectivity index (χ4v) is 8.84. The monoisotopic (exact) mass is 587 g/mol. The number of nitrogens with two attached hydrogens (primary N) is 1. The number of fused-ring (bicyclic) bond motifs is 3. The van der Waals surface area contributed by atoms with Crippen molar-refractivity contribution in [2.75, 3.05) is 34.3 Å². The van der Waals surface area contributed by atoms with Crippen molar-refractivity contribution in [3.05, 3.63) is 27.8 Å². The molecule has 3 aliphatic carbocycles. The van der Waals surface area contributed by atoms with Crippen LogP contribution in [0.15, 0.2) is 6.07 Å². The Kier molecular flexibility index (Phi) is 7.90. The van der Waals surface area contributed by atoms with Crippen molar-refractivity contribution in [2.24, 2.45) is 41.2 Å². The van der Waals surface area contributed by atoms with Crippen LogP contribution in [-0.4, -0.2) is 84.1 Å². The van der Waals surface area contributed by atoms with Crippen molar-refractivity contribution in [1.29, 1.82) is 0 Å². The van der Waals surface area contributed by atoms with Crippen LogP contribution in [0.1, 0.15) is 67.6 Å². The van der Waals surface area contributed by atoms with E-state index in [1.807, 2.05) is 0 Å². The van der Waals surface area contributed by atoms with Gasteiger partial charge in [-0.05, 0) is 74.8 Å². The van der Waals surface area contributed by atoms with E-state index in [4.69, 9.17) is 22.1 Å². The zero-order valence-electron chi connectivity index (χ0n) is 24.8. The van der Waals surface area contributed by atoms with Crippen LogP contribution in [0.2, 0.25) is 5.02 Å². The number of primary amides is 1. The second-order valence-corrected chi connectivity index (χ2v) is 13.7. The van der Waals surface area contributed by atoms with E-state index < -0.39 is 52.8 Å². The molecule has 0 spiro atoms. The highest BCUT2D eigenvalue weighted by Crippen LogP contribution is 2.55. The SMILES string of the molecule is COC12CC(C(N)=O)C(=O)C(N(C)C)C1CC1Cc3c(Cl)c(C4C(C)CCN4CC(C)C)cc(O)c3C(=O)C1C2=O. The summed E-state index contributed by atoms with van der Waals surface area (Å²) in [6, 6.07) is 0.857. The lowest BCUT2D eigenvalue weighted by Gasteiger charge is -2.55. The third kappa shape index (κ3) is 4.55. The van der Waals surface area contributed by atoms with Gasteiger partial charge in [0.1, 0.15) is 17.3 Å². The zero-order chi connectivity index (χ0) is 30.1. The van der Waals surface area contributed by atoms with Gasteiger partial charge in [0.15, 0.2) is 17.3 Å². The number of likely N-dealkylation sites (N-methyl/N-ethyl adjacent to an activating group) is 1. The Bertz CT molecular complexity index is 1300. The number of halogens is 1. The summed E-state index contributed by atoms with van der Waals surface area (Å²) >= 11 is 7.11. The minimum atomic E-state index is -1.52. The molecular formula is C31H42ClN3O6. The van der Waals surface area contributed by atoms with Gasteiger partial charge in [0.2, 0.25) is 5.91 Å². The summed E-state index contributed by atoms with van der Waals surface area (Å²) in [6.07, 6.45) is 1.51. The van der Waals surface area contributed by atoms with Gasteiger partial charge in [-0.2, -0.15) is 0 Å². The first-order chi connectivity index (χ1) is 19.2. The number of phenolic OH excluding ortho intramolecular Hbond substituents is 1. The second kappa shape index (κ2) is 10.7. The van der Waals surface area contributed by atoms with Crippen LogP contribution in [0.25, 0.3) is 0 Å². The molecule has 10 heteroatoms. The van der Waals surface area contributed by atoms with E-state index in [1.165, 1.54) is 7.11 Å². The average Bonchev–Trinajstić information content (AvgIpc) is 3.24. The number of aromatic hydroxyl groups is 1. The molecule has 2 saturated carbocycles. The van der Waals surface area contributed by atoms with Crippen molar-refractivity contribution >= 4 is 34.9 Å². The van der Waals surface area contributed by atoms with Crippen LogP contribution >= 0.6 is 11.6 Å². The average molecular weight is 588 g/mol. The van der Waals surface area contributed by atoms with Gasteiger partial charge in [0, 0.05) is 37.1 Å². The third-order valence-corrected chi connectivity index (χ3v) is 10.6. The first kappa shape index (κ1) is 30.1. The highest BCUT2D eigenvalue weighted by molar-refractivity contribution is 6.33. The molecule has 1 heterocycles. The quantitative estimate of drug-likeness (QED) is 0.486. The molecule has 1 aromatic rings. The molecule has 1 aliphatic heterocycles. The zero-order valence-corrected chi connectivity index (χ0v) is 25.5. The number of ketones is 3. The van der Waals surface area contributed by atoms with E-state index in [2.05, 4.69) is 25.7 Å². The number of carbonyl (C=O) groups is 4. The number of phenols is 1. The summed E-state index contributed by atoms with van der Waals surface area (Å²) in [5.41, 5.74) is 5.58. The van der Waals surface area contributed by atoms with E-state index in [1.54, 1.807) is 25.1 Å². The molecular weight excluding hydrogens is 546 g/mol. The predicted molar refractivity (Wildman–Crippen MR) is 154 cm³/mol. The molecule has 1 saturated heterocycles. The van der Waals surface area contributed by atoms with Gasteiger partial charge in [-0.15, -0.1) is 0 Å². The molecule has 224 valence electrons. The summed E-state index contributed by atoms with van der Waals surface area (Å²) in [5.74, 6) is -4.70. The van der Waals surface area contributed by atoms with Crippen LogP contribution < -0.4 is 5.73 Å². The number of likely N-dealkylation sites (tertiary alicyclic amines) is 1. The van der Waals surface area contributed by atoms with E-state index in [-0.39, 0.29) is 29.6 Å². The second-order valence-electron chi connectivity index (χ2n) is 13.3. The van der Waals surface area contributed by atoms with Gasteiger partial charge in [0.05, 0.1) is 17.5 Å². The number of benzene rings is 1. The minimum absolute atomic E-state index is 0.0166. The lowest BCUT2D eigenvalue weighted by atomic mass is 9.52. The number of nitrogens with zero attached hydrogens (tertiary/aromatic N) is 2. The van der Waals surface area contributed by atoms with Crippen molar-refractivity contribution < 1.29 is 29.0 Å². The Morgan fingerprint density at radius 2 is 1.98 bits per heavy atom. The number of ether oxygens (including phenoxy) is 1. The molecule has 1 aromatic carbocycles. The van der Waals surface area contributed by atoms with Gasteiger partial charge < -0.3 is 15.6 Å². The number of Topliss-reactive ketones (excluding diaryl/α,β-unsaturated/α-hetero) is 3. The van der Waals surface area contributed by atoms with E-state index in [0.717, 1.165) is 25.1 Å². The summed E-state index contributed by atoms with van der Waals surface area (Å²) in [7, 11) is 4.85. The minimum Gasteiger partial charge on any atom is -0.507 e. The summed E-state index contributed by atoms with van der Waals surface area (Å²) < 4.78 is 5.90. The molecule has 8 atom stereocenters. The van der Waals surface area contributed by atoms with Crippen molar-refractivity contribution in [1.82, 2.24) is 9.80 Å². The summed E-state index contributed by atoms with van der Waals surface area (Å²) in [4.78, 5) is 58.3. The van der Waals surface area contributed by atoms with Crippen molar-refractivity contribution in [2.45, 2.75) is 64.1 Å². The molecule has 3 fully saturated rings. The van der Waals surface area contributed by atoms with Crippen LogP contribution in [0.4, 0.5) is 0 Å². The fourth-order valence-electron chi connectivity index (χ4n) is 8.51. The number of carbonyl (C=O) groups excluding carboxylic acids is 4. The Morgan fingerprint density at radius 3 is 2.56 bits per heavy atom. The first-order valence-electron chi connectivity index (χ1n) is 14.7. The summed E-state index contributed by atoms with van der Waals surface area (Å²) in [5, 5.41) is 11.8. The molecule has 4 aliphatic rings.